The molecule has 106 valence electrons. The zero-order valence-corrected chi connectivity index (χ0v) is 11.9. The van der Waals surface area contributed by atoms with Crippen molar-refractivity contribution < 1.29 is 8.78 Å². The van der Waals surface area contributed by atoms with E-state index < -0.39 is 0 Å². The summed E-state index contributed by atoms with van der Waals surface area (Å²) in [5, 5.41) is 0. The van der Waals surface area contributed by atoms with Crippen LogP contribution in [0.15, 0.2) is 47.4 Å². The van der Waals surface area contributed by atoms with Gasteiger partial charge in [-0.1, -0.05) is 18.2 Å². The Labute approximate surface area is 121 Å². The Morgan fingerprint density at radius 1 is 1.20 bits per heavy atom. The standard InChI is InChI=1S/C15H16F2N2S/c1-10-8-11(16)6-7-12(10)14(19-18)9-20-15-5-3-2-4-13(15)17/h2-8,14,19H,9,18H2,1H3. The first-order valence-corrected chi connectivity index (χ1v) is 7.20. The molecule has 0 bridgehead atoms. The number of hydrogen-bond acceptors (Lipinski definition) is 3. The molecule has 0 aliphatic carbocycles. The maximum Gasteiger partial charge on any atom is 0.136 e. The molecule has 2 rings (SSSR count). The van der Waals surface area contributed by atoms with Crippen LogP contribution in [0.25, 0.3) is 0 Å². The first-order valence-electron chi connectivity index (χ1n) is 6.21. The number of hydrogen-bond donors (Lipinski definition) is 2. The molecule has 1 atom stereocenters. The zero-order valence-electron chi connectivity index (χ0n) is 11.1. The molecule has 0 radical (unpaired) electrons. The van der Waals surface area contributed by atoms with E-state index in [9.17, 15) is 8.78 Å². The van der Waals surface area contributed by atoms with Gasteiger partial charge in [0.15, 0.2) is 0 Å². The molecule has 20 heavy (non-hydrogen) atoms. The van der Waals surface area contributed by atoms with Gasteiger partial charge >= 0.3 is 0 Å². The van der Waals surface area contributed by atoms with E-state index >= 15 is 0 Å². The number of nitrogens with two attached hydrogens (primary N) is 1. The lowest BCUT2D eigenvalue weighted by molar-refractivity contribution is 0.592. The van der Waals surface area contributed by atoms with Gasteiger partial charge in [-0.25, -0.2) is 8.78 Å². The van der Waals surface area contributed by atoms with E-state index in [-0.39, 0.29) is 17.7 Å². The van der Waals surface area contributed by atoms with E-state index in [2.05, 4.69) is 5.43 Å². The summed E-state index contributed by atoms with van der Waals surface area (Å²) < 4.78 is 26.7. The number of rotatable bonds is 5. The topological polar surface area (TPSA) is 38.0 Å². The molecule has 0 aliphatic rings. The third-order valence-corrected chi connectivity index (χ3v) is 4.19. The van der Waals surface area contributed by atoms with Crippen LogP contribution in [0.3, 0.4) is 0 Å². The van der Waals surface area contributed by atoms with Crippen LogP contribution < -0.4 is 11.3 Å². The Hall–Kier alpha value is -1.43. The molecule has 2 nitrogen and oxygen atoms in total. The van der Waals surface area contributed by atoms with E-state index in [0.29, 0.717) is 10.6 Å². The van der Waals surface area contributed by atoms with Crippen molar-refractivity contribution in [2.24, 2.45) is 5.84 Å². The summed E-state index contributed by atoms with van der Waals surface area (Å²) in [4.78, 5) is 0.576. The summed E-state index contributed by atoms with van der Waals surface area (Å²) in [5.74, 6) is 5.60. The lowest BCUT2D eigenvalue weighted by atomic mass is 10.0. The largest absolute Gasteiger partial charge is 0.271 e. The second-order valence-electron chi connectivity index (χ2n) is 4.46. The Balaban J connectivity index is 2.11. The number of hydrazine groups is 1. The second kappa shape index (κ2) is 6.83. The quantitative estimate of drug-likeness (QED) is 0.503. The summed E-state index contributed by atoms with van der Waals surface area (Å²) >= 11 is 1.38. The lowest BCUT2D eigenvalue weighted by Crippen LogP contribution is -2.30. The number of thioether (sulfide) groups is 1. The molecule has 2 aromatic rings. The van der Waals surface area contributed by atoms with Crippen LogP contribution in [0.2, 0.25) is 0 Å². The van der Waals surface area contributed by atoms with Gasteiger partial charge in [0.1, 0.15) is 11.6 Å². The molecule has 1 unspecified atom stereocenters. The summed E-state index contributed by atoms with van der Waals surface area (Å²) in [6.45, 7) is 1.83. The van der Waals surface area contributed by atoms with Gasteiger partial charge in [-0.05, 0) is 42.3 Å². The smallest absolute Gasteiger partial charge is 0.136 e. The van der Waals surface area contributed by atoms with Gasteiger partial charge in [0.05, 0.1) is 6.04 Å². The number of nitrogens with one attached hydrogen (secondary N) is 1. The highest BCUT2D eigenvalue weighted by Crippen LogP contribution is 2.27. The fraction of sp³-hybridized carbons (Fsp3) is 0.200. The van der Waals surface area contributed by atoms with E-state index in [0.717, 1.165) is 11.1 Å². The number of aryl methyl sites for hydroxylation is 1. The molecule has 0 heterocycles. The average molecular weight is 294 g/mol. The molecule has 0 aromatic heterocycles. The lowest BCUT2D eigenvalue weighted by Gasteiger charge is -2.18. The van der Waals surface area contributed by atoms with Crippen molar-refractivity contribution in [1.29, 1.82) is 0 Å². The van der Waals surface area contributed by atoms with Crippen molar-refractivity contribution in [3.63, 3.8) is 0 Å². The van der Waals surface area contributed by atoms with Crippen LogP contribution >= 0.6 is 11.8 Å². The minimum Gasteiger partial charge on any atom is -0.271 e. The van der Waals surface area contributed by atoms with E-state index in [1.807, 2.05) is 6.92 Å². The molecule has 2 aromatic carbocycles. The Kier molecular flexibility index (Phi) is 5.11. The van der Waals surface area contributed by atoms with Crippen LogP contribution in [0.4, 0.5) is 8.78 Å². The van der Waals surface area contributed by atoms with Gasteiger partial charge in [0.2, 0.25) is 0 Å². The molecule has 0 amide bonds. The number of halogens is 2. The Morgan fingerprint density at radius 3 is 2.60 bits per heavy atom. The molecule has 0 saturated carbocycles. The predicted molar refractivity (Wildman–Crippen MR) is 78.3 cm³/mol. The van der Waals surface area contributed by atoms with Gasteiger partial charge in [-0.15, -0.1) is 11.8 Å². The minimum absolute atomic E-state index is 0.166. The van der Waals surface area contributed by atoms with Gasteiger partial charge in [0.25, 0.3) is 0 Å². The van der Waals surface area contributed by atoms with Gasteiger partial charge in [0, 0.05) is 10.6 Å². The first-order chi connectivity index (χ1) is 9.61. The van der Waals surface area contributed by atoms with Crippen molar-refractivity contribution in [3.05, 3.63) is 65.2 Å². The van der Waals surface area contributed by atoms with Crippen LogP contribution in [0.1, 0.15) is 17.2 Å². The van der Waals surface area contributed by atoms with Crippen LogP contribution in [-0.4, -0.2) is 5.75 Å². The molecule has 0 spiro atoms. The summed E-state index contributed by atoms with van der Waals surface area (Å²) in [5.41, 5.74) is 4.44. The molecule has 0 saturated heterocycles. The fourth-order valence-corrected chi connectivity index (χ4v) is 3.00. The third-order valence-electron chi connectivity index (χ3n) is 3.05. The molecular weight excluding hydrogens is 278 g/mol. The second-order valence-corrected chi connectivity index (χ2v) is 5.52. The summed E-state index contributed by atoms with van der Waals surface area (Å²) in [6, 6.07) is 11.0. The maximum absolute atomic E-state index is 13.6. The Morgan fingerprint density at radius 2 is 1.95 bits per heavy atom. The minimum atomic E-state index is -0.274. The maximum atomic E-state index is 13.6. The van der Waals surface area contributed by atoms with Crippen molar-refractivity contribution in [1.82, 2.24) is 5.43 Å². The van der Waals surface area contributed by atoms with E-state index in [1.54, 1.807) is 24.3 Å². The van der Waals surface area contributed by atoms with Gasteiger partial charge < -0.3 is 0 Å². The van der Waals surface area contributed by atoms with E-state index in [1.165, 1.54) is 30.0 Å². The molecule has 5 heteroatoms. The highest BCUT2D eigenvalue weighted by molar-refractivity contribution is 7.99. The van der Waals surface area contributed by atoms with Gasteiger partial charge in [-0.3, -0.25) is 11.3 Å². The van der Waals surface area contributed by atoms with Gasteiger partial charge in [-0.2, -0.15) is 0 Å². The zero-order chi connectivity index (χ0) is 14.5. The molecule has 3 N–H and O–H groups in total. The van der Waals surface area contributed by atoms with Crippen LogP contribution in [-0.2, 0) is 0 Å². The molecule has 0 fully saturated rings. The van der Waals surface area contributed by atoms with Crippen LogP contribution in [0, 0.1) is 18.6 Å². The summed E-state index contributed by atoms with van der Waals surface area (Å²) in [7, 11) is 0. The van der Waals surface area contributed by atoms with Crippen molar-refractivity contribution in [3.8, 4) is 0 Å². The van der Waals surface area contributed by atoms with E-state index in [4.69, 9.17) is 5.84 Å². The SMILES string of the molecule is Cc1cc(F)ccc1C(CSc1ccccc1F)NN. The van der Waals surface area contributed by atoms with Crippen molar-refractivity contribution in [2.45, 2.75) is 17.9 Å². The number of benzene rings is 2. The van der Waals surface area contributed by atoms with Crippen molar-refractivity contribution in [2.75, 3.05) is 5.75 Å². The monoisotopic (exact) mass is 294 g/mol. The van der Waals surface area contributed by atoms with Crippen molar-refractivity contribution >= 4 is 11.8 Å². The average Bonchev–Trinajstić information content (AvgIpc) is 2.43. The Bertz CT molecular complexity index is 590. The predicted octanol–water partition coefficient (Wildman–Crippen LogP) is 3.57. The fourth-order valence-electron chi connectivity index (χ4n) is 1.99. The third kappa shape index (κ3) is 3.56. The highest BCUT2D eigenvalue weighted by Gasteiger charge is 2.14. The molecule has 0 aliphatic heterocycles. The molecular formula is C15H16F2N2S. The highest BCUT2D eigenvalue weighted by atomic mass is 32.2. The normalized spacial score (nSPS) is 12.4. The van der Waals surface area contributed by atoms with Crippen LogP contribution in [0.5, 0.6) is 0 Å². The summed E-state index contributed by atoms with van der Waals surface area (Å²) in [6.07, 6.45) is 0. The first kappa shape index (κ1) is 15.0.